The van der Waals surface area contributed by atoms with Gasteiger partial charge in [-0.2, -0.15) is 17.5 Å². The van der Waals surface area contributed by atoms with Crippen LogP contribution in [-0.4, -0.2) is 32.2 Å². The summed E-state index contributed by atoms with van der Waals surface area (Å²) >= 11 is 0. The van der Waals surface area contributed by atoms with Crippen LogP contribution in [0.1, 0.15) is 37.3 Å². The molecule has 1 N–H and O–H groups in total. The first-order chi connectivity index (χ1) is 13.5. The van der Waals surface area contributed by atoms with Gasteiger partial charge in [-0.25, -0.2) is 8.42 Å². The zero-order valence-electron chi connectivity index (χ0n) is 16.3. The number of anilines is 1. The van der Waals surface area contributed by atoms with Crippen molar-refractivity contribution >= 4 is 21.6 Å². The summed E-state index contributed by atoms with van der Waals surface area (Å²) in [5, 5.41) is 2.14. The van der Waals surface area contributed by atoms with Crippen molar-refractivity contribution in [3.05, 3.63) is 59.7 Å². The van der Waals surface area contributed by atoms with Gasteiger partial charge in [-0.3, -0.25) is 4.79 Å². The predicted molar refractivity (Wildman–Crippen MR) is 105 cm³/mol. The number of hydrogen-bond donors (Lipinski definition) is 1. The highest BCUT2D eigenvalue weighted by Gasteiger charge is 2.33. The minimum atomic E-state index is -4.64. The smallest absolute Gasteiger partial charge is 0.324 e. The van der Waals surface area contributed by atoms with Crippen LogP contribution >= 0.6 is 0 Å². The van der Waals surface area contributed by atoms with Crippen LogP contribution in [0.15, 0.2) is 53.4 Å². The quantitative estimate of drug-likeness (QED) is 0.707. The normalized spacial score (nSPS) is 13.3. The van der Waals surface area contributed by atoms with E-state index in [1.807, 2.05) is 13.8 Å². The van der Waals surface area contributed by atoms with Crippen LogP contribution in [0.5, 0.6) is 0 Å². The average Bonchev–Trinajstić information content (AvgIpc) is 2.66. The number of amides is 1. The van der Waals surface area contributed by atoms with Crippen molar-refractivity contribution in [2.75, 3.05) is 18.9 Å². The number of likely N-dealkylation sites (N-methyl/N-ethyl adjacent to an activating group) is 1. The molecule has 0 bridgehead atoms. The Hall–Kier alpha value is -2.39. The Balaban J connectivity index is 2.13. The van der Waals surface area contributed by atoms with E-state index in [0.717, 1.165) is 28.4 Å². The summed E-state index contributed by atoms with van der Waals surface area (Å²) in [5.41, 5.74) is -0.427. The summed E-state index contributed by atoms with van der Waals surface area (Å²) in [4.78, 5) is 12.2. The van der Waals surface area contributed by atoms with Crippen LogP contribution in [0, 0.1) is 0 Å². The molecule has 29 heavy (non-hydrogen) atoms. The molecule has 158 valence electrons. The zero-order valence-corrected chi connectivity index (χ0v) is 17.1. The lowest BCUT2D eigenvalue weighted by atomic mass is 9.99. The molecule has 2 aromatic carbocycles. The number of carbonyl (C=O) groups excluding carboxylic acids is 1. The van der Waals surface area contributed by atoms with Crippen molar-refractivity contribution in [1.82, 2.24) is 4.31 Å². The second-order valence-corrected chi connectivity index (χ2v) is 8.78. The van der Waals surface area contributed by atoms with Crippen LogP contribution in [0.4, 0.5) is 18.9 Å². The van der Waals surface area contributed by atoms with E-state index in [2.05, 4.69) is 5.32 Å². The first kappa shape index (κ1) is 22.9. The van der Waals surface area contributed by atoms with E-state index in [4.69, 9.17) is 0 Å². The molecule has 0 aliphatic carbocycles. The fourth-order valence-corrected chi connectivity index (χ4v) is 3.83. The standard InChI is InChI=1S/C20H23F3N2O3S/c1-4-14(2)15-9-11-16(12-10-15)29(27,28)25(3)13-19(26)24-18-8-6-5-7-17(18)20(21,22)23/h5-12,14H,4,13H2,1-3H3,(H,24,26). The molecule has 5 nitrogen and oxygen atoms in total. The fourth-order valence-electron chi connectivity index (χ4n) is 2.70. The molecule has 0 heterocycles. The van der Waals surface area contributed by atoms with Gasteiger partial charge >= 0.3 is 6.18 Å². The maximum atomic E-state index is 13.0. The molecule has 0 aliphatic rings. The molecule has 0 saturated carbocycles. The number of carbonyl (C=O) groups is 1. The molecule has 0 aromatic heterocycles. The van der Waals surface area contributed by atoms with Gasteiger partial charge < -0.3 is 5.32 Å². The lowest BCUT2D eigenvalue weighted by Crippen LogP contribution is -2.35. The number of sulfonamides is 1. The molecule has 1 unspecified atom stereocenters. The van der Waals surface area contributed by atoms with Gasteiger partial charge in [-0.15, -0.1) is 0 Å². The summed E-state index contributed by atoms with van der Waals surface area (Å²) in [6.45, 7) is 3.43. The molecule has 0 aliphatic heterocycles. The Morgan fingerprint density at radius 1 is 1.10 bits per heavy atom. The van der Waals surface area contributed by atoms with Gasteiger partial charge in [-0.05, 0) is 42.2 Å². The highest BCUT2D eigenvalue weighted by Crippen LogP contribution is 2.34. The Kier molecular flexibility index (Phi) is 7.07. The second kappa shape index (κ2) is 8.96. The Bertz CT molecular complexity index is 958. The molecule has 1 atom stereocenters. The number of benzene rings is 2. The van der Waals surface area contributed by atoms with Crippen molar-refractivity contribution in [1.29, 1.82) is 0 Å². The van der Waals surface area contributed by atoms with Crippen molar-refractivity contribution in [2.45, 2.75) is 37.3 Å². The largest absolute Gasteiger partial charge is 0.418 e. The van der Waals surface area contributed by atoms with Crippen LogP contribution in [0.25, 0.3) is 0 Å². The van der Waals surface area contributed by atoms with E-state index in [-0.39, 0.29) is 10.8 Å². The Morgan fingerprint density at radius 3 is 2.24 bits per heavy atom. The number of nitrogens with zero attached hydrogens (tertiary/aromatic N) is 1. The van der Waals surface area contributed by atoms with Crippen molar-refractivity contribution < 1.29 is 26.4 Å². The minimum absolute atomic E-state index is 0.00976. The Morgan fingerprint density at radius 2 is 1.69 bits per heavy atom. The molecule has 2 aromatic rings. The monoisotopic (exact) mass is 428 g/mol. The number of para-hydroxylation sites is 1. The highest BCUT2D eigenvalue weighted by atomic mass is 32.2. The van der Waals surface area contributed by atoms with Crippen LogP contribution in [0.2, 0.25) is 0 Å². The maximum Gasteiger partial charge on any atom is 0.418 e. The van der Waals surface area contributed by atoms with Crippen molar-refractivity contribution in [3.8, 4) is 0 Å². The molecular formula is C20H23F3N2O3S. The van der Waals surface area contributed by atoms with Gasteiger partial charge in [-0.1, -0.05) is 38.1 Å². The lowest BCUT2D eigenvalue weighted by molar-refractivity contribution is -0.137. The molecule has 0 radical (unpaired) electrons. The van der Waals surface area contributed by atoms with Gasteiger partial charge in [0.1, 0.15) is 0 Å². The van der Waals surface area contributed by atoms with E-state index in [1.54, 1.807) is 12.1 Å². The second-order valence-electron chi connectivity index (χ2n) is 6.73. The maximum absolute atomic E-state index is 13.0. The average molecular weight is 428 g/mol. The summed E-state index contributed by atoms with van der Waals surface area (Å²) in [6, 6.07) is 10.9. The van der Waals surface area contributed by atoms with Crippen LogP contribution in [-0.2, 0) is 21.0 Å². The molecule has 0 spiro atoms. The predicted octanol–water partition coefficient (Wildman–Crippen LogP) is 4.48. The van der Waals surface area contributed by atoms with Gasteiger partial charge in [0.15, 0.2) is 0 Å². The minimum Gasteiger partial charge on any atom is -0.324 e. The number of nitrogens with one attached hydrogen (secondary N) is 1. The third kappa shape index (κ3) is 5.57. The van der Waals surface area contributed by atoms with E-state index >= 15 is 0 Å². The molecule has 0 fully saturated rings. The van der Waals surface area contributed by atoms with Crippen molar-refractivity contribution in [2.24, 2.45) is 0 Å². The van der Waals surface area contributed by atoms with Gasteiger partial charge in [0, 0.05) is 7.05 Å². The summed E-state index contributed by atoms with van der Waals surface area (Å²) < 4.78 is 65.2. The molecule has 0 saturated heterocycles. The SMILES string of the molecule is CCC(C)c1ccc(S(=O)(=O)N(C)CC(=O)Nc2ccccc2C(F)(F)F)cc1. The molecular weight excluding hydrogens is 405 g/mol. The van der Waals surface area contributed by atoms with Crippen LogP contribution < -0.4 is 5.32 Å². The van der Waals surface area contributed by atoms with E-state index in [1.165, 1.54) is 31.3 Å². The Labute approximate surface area is 168 Å². The first-order valence-electron chi connectivity index (χ1n) is 8.99. The number of alkyl halides is 3. The summed E-state index contributed by atoms with van der Waals surface area (Å²) in [5.74, 6) is -0.590. The summed E-state index contributed by atoms with van der Waals surface area (Å²) in [7, 11) is -2.76. The third-order valence-corrected chi connectivity index (χ3v) is 6.46. The summed E-state index contributed by atoms with van der Waals surface area (Å²) in [6.07, 6.45) is -3.73. The van der Waals surface area contributed by atoms with E-state index < -0.39 is 39.9 Å². The lowest BCUT2D eigenvalue weighted by Gasteiger charge is -2.19. The zero-order chi connectivity index (χ0) is 21.8. The molecule has 1 amide bonds. The van der Waals surface area contributed by atoms with Gasteiger partial charge in [0.05, 0.1) is 22.7 Å². The van der Waals surface area contributed by atoms with Gasteiger partial charge in [0.2, 0.25) is 15.9 Å². The van der Waals surface area contributed by atoms with Crippen LogP contribution in [0.3, 0.4) is 0 Å². The number of hydrogen-bond acceptors (Lipinski definition) is 3. The molecule has 2 rings (SSSR count). The van der Waals surface area contributed by atoms with Crippen molar-refractivity contribution in [3.63, 3.8) is 0 Å². The number of halogens is 3. The topological polar surface area (TPSA) is 66.5 Å². The molecule has 9 heteroatoms. The third-order valence-electron chi connectivity index (χ3n) is 4.64. The van der Waals surface area contributed by atoms with E-state index in [0.29, 0.717) is 0 Å². The fraction of sp³-hybridized carbons (Fsp3) is 0.350. The highest BCUT2D eigenvalue weighted by molar-refractivity contribution is 7.89. The number of rotatable bonds is 7. The van der Waals surface area contributed by atoms with E-state index in [9.17, 15) is 26.4 Å². The van der Waals surface area contributed by atoms with Gasteiger partial charge in [0.25, 0.3) is 0 Å². The first-order valence-corrected chi connectivity index (χ1v) is 10.4.